The van der Waals surface area contributed by atoms with E-state index in [9.17, 15) is 4.79 Å². The number of benzene rings is 2. The van der Waals surface area contributed by atoms with Crippen LogP contribution in [0.4, 0.5) is 0 Å². The zero-order valence-electron chi connectivity index (χ0n) is 17.9. The first kappa shape index (κ1) is 22.8. The first-order chi connectivity index (χ1) is 15.7. The molecule has 1 fully saturated rings. The van der Waals surface area contributed by atoms with E-state index in [1.165, 1.54) is 5.56 Å². The van der Waals surface area contributed by atoms with E-state index in [0.717, 1.165) is 41.5 Å². The number of hydrogen-bond donors (Lipinski definition) is 1. The smallest absolute Gasteiger partial charge is 0.241 e. The molecule has 2 aromatic carbocycles. The minimum atomic E-state index is 0.00142. The van der Waals surface area contributed by atoms with Crippen molar-refractivity contribution in [2.75, 3.05) is 25.4 Å². The highest BCUT2D eigenvalue weighted by atomic mass is 35.5. The van der Waals surface area contributed by atoms with Crippen LogP contribution in [0.5, 0.6) is 0 Å². The van der Waals surface area contributed by atoms with E-state index in [-0.39, 0.29) is 11.8 Å². The van der Waals surface area contributed by atoms with Crippen molar-refractivity contribution in [2.45, 2.75) is 25.1 Å². The van der Waals surface area contributed by atoms with Crippen LogP contribution >= 0.6 is 23.4 Å². The number of thioether (sulfide) groups is 1. The second-order valence-corrected chi connectivity index (χ2v) is 9.46. The number of hydrogen-bond acceptors (Lipinski definition) is 6. The topological polar surface area (TPSA) is 71.3 Å². The molecule has 0 spiro atoms. The molecule has 1 atom stereocenters. The Morgan fingerprint density at radius 2 is 2.00 bits per heavy atom. The Labute approximate surface area is 197 Å². The van der Waals surface area contributed by atoms with Gasteiger partial charge < -0.3 is 9.84 Å². The molecule has 8 heteroatoms. The molecule has 1 amide bonds. The largest absolute Gasteiger partial charge is 0.355 e. The van der Waals surface area contributed by atoms with E-state index in [1.807, 2.05) is 66.4 Å². The van der Waals surface area contributed by atoms with Gasteiger partial charge in [0.25, 0.3) is 0 Å². The van der Waals surface area contributed by atoms with Gasteiger partial charge in [-0.1, -0.05) is 59.2 Å². The molecule has 3 aromatic rings. The van der Waals surface area contributed by atoms with Crippen molar-refractivity contribution in [3.05, 3.63) is 71.1 Å². The average Bonchev–Trinajstić information content (AvgIpc) is 3.29. The highest BCUT2D eigenvalue weighted by molar-refractivity contribution is 7.98. The van der Waals surface area contributed by atoms with Crippen molar-refractivity contribution in [3.8, 4) is 11.4 Å². The molecule has 1 N–H and O–H groups in total. The molecule has 1 aliphatic heterocycles. The van der Waals surface area contributed by atoms with Crippen LogP contribution in [-0.2, 0) is 17.1 Å². The Hall–Kier alpha value is -2.35. The summed E-state index contributed by atoms with van der Waals surface area (Å²) >= 11 is 7.72. The normalized spacial score (nSPS) is 16.7. The molecule has 1 unspecified atom stereocenters. The number of aromatic nitrogens is 2. The standard InChI is InChI=1S/C24H27ClN4O2S/c25-21-10-8-18(9-11-21)17-32-14-12-26-24(30)20-7-4-13-29(15-20)16-22-27-23(28-31-22)19-5-2-1-3-6-19/h1-3,5-6,8-11,20H,4,7,12-17H2,(H,26,30). The number of nitrogens with one attached hydrogen (secondary N) is 1. The molecule has 0 aliphatic carbocycles. The molecule has 1 aliphatic rings. The van der Waals surface area contributed by atoms with Crippen LogP contribution in [0.3, 0.4) is 0 Å². The van der Waals surface area contributed by atoms with Crippen LogP contribution in [0, 0.1) is 5.92 Å². The third-order valence-electron chi connectivity index (χ3n) is 5.46. The summed E-state index contributed by atoms with van der Waals surface area (Å²) in [4.78, 5) is 19.4. The van der Waals surface area contributed by atoms with E-state index >= 15 is 0 Å². The molecule has 32 heavy (non-hydrogen) atoms. The number of likely N-dealkylation sites (tertiary alicyclic amines) is 1. The van der Waals surface area contributed by atoms with Gasteiger partial charge in [-0.3, -0.25) is 9.69 Å². The summed E-state index contributed by atoms with van der Waals surface area (Å²) in [5.74, 6) is 3.12. The summed E-state index contributed by atoms with van der Waals surface area (Å²) in [6.07, 6.45) is 1.91. The van der Waals surface area contributed by atoms with Crippen molar-refractivity contribution >= 4 is 29.3 Å². The van der Waals surface area contributed by atoms with Gasteiger partial charge in [0.05, 0.1) is 12.5 Å². The Morgan fingerprint density at radius 1 is 1.19 bits per heavy atom. The lowest BCUT2D eigenvalue weighted by Gasteiger charge is -2.30. The number of carbonyl (C=O) groups is 1. The van der Waals surface area contributed by atoms with Gasteiger partial charge >= 0.3 is 0 Å². The van der Waals surface area contributed by atoms with Gasteiger partial charge in [0.15, 0.2) is 0 Å². The summed E-state index contributed by atoms with van der Waals surface area (Å²) in [5.41, 5.74) is 2.18. The minimum Gasteiger partial charge on any atom is -0.355 e. The van der Waals surface area contributed by atoms with Crippen molar-refractivity contribution < 1.29 is 9.32 Å². The lowest BCUT2D eigenvalue weighted by atomic mass is 9.97. The lowest BCUT2D eigenvalue weighted by molar-refractivity contribution is -0.126. The van der Waals surface area contributed by atoms with Crippen LogP contribution in [0.2, 0.25) is 5.02 Å². The third-order valence-corrected chi connectivity index (χ3v) is 6.75. The highest BCUT2D eigenvalue weighted by Crippen LogP contribution is 2.20. The molecular weight excluding hydrogens is 444 g/mol. The molecule has 1 saturated heterocycles. The molecule has 6 nitrogen and oxygen atoms in total. The maximum Gasteiger partial charge on any atom is 0.241 e. The Balaban J connectivity index is 1.18. The number of rotatable bonds is 9. The van der Waals surface area contributed by atoms with Crippen LogP contribution in [0.15, 0.2) is 59.1 Å². The summed E-state index contributed by atoms with van der Waals surface area (Å²) in [7, 11) is 0. The zero-order chi connectivity index (χ0) is 22.2. The van der Waals surface area contributed by atoms with Gasteiger partial charge in [-0.15, -0.1) is 0 Å². The maximum atomic E-state index is 12.6. The molecule has 2 heterocycles. The molecule has 168 valence electrons. The first-order valence-corrected chi connectivity index (χ1v) is 12.4. The quantitative estimate of drug-likeness (QED) is 0.459. The second kappa shape index (κ2) is 11.5. The Bertz CT molecular complexity index is 997. The zero-order valence-corrected chi connectivity index (χ0v) is 19.4. The summed E-state index contributed by atoms with van der Waals surface area (Å²) < 4.78 is 5.44. The molecule has 0 saturated carbocycles. The Morgan fingerprint density at radius 3 is 2.81 bits per heavy atom. The number of nitrogens with zero attached hydrogens (tertiary/aromatic N) is 3. The van der Waals surface area contributed by atoms with Gasteiger partial charge in [-0.2, -0.15) is 16.7 Å². The summed E-state index contributed by atoms with van der Waals surface area (Å²) in [6, 6.07) is 17.7. The van der Waals surface area contributed by atoms with Crippen molar-refractivity contribution in [1.29, 1.82) is 0 Å². The molecular formula is C24H27ClN4O2S. The van der Waals surface area contributed by atoms with Crippen molar-refractivity contribution in [2.24, 2.45) is 5.92 Å². The molecule has 0 radical (unpaired) electrons. The van der Waals surface area contributed by atoms with E-state index in [4.69, 9.17) is 16.1 Å². The fourth-order valence-electron chi connectivity index (χ4n) is 3.79. The predicted octanol–water partition coefficient (Wildman–Crippen LogP) is 4.65. The minimum absolute atomic E-state index is 0.00142. The van der Waals surface area contributed by atoms with Crippen molar-refractivity contribution in [1.82, 2.24) is 20.4 Å². The maximum absolute atomic E-state index is 12.6. The van der Waals surface area contributed by atoms with Crippen molar-refractivity contribution in [3.63, 3.8) is 0 Å². The number of carbonyl (C=O) groups excluding carboxylic acids is 1. The van der Waals surface area contributed by atoms with Gasteiger partial charge in [0.2, 0.25) is 17.6 Å². The lowest BCUT2D eigenvalue weighted by Crippen LogP contribution is -2.43. The van der Waals surface area contributed by atoms with E-state index in [1.54, 1.807) is 0 Å². The van der Waals surface area contributed by atoms with Gasteiger partial charge in [0, 0.05) is 35.2 Å². The molecule has 4 rings (SSSR count). The van der Waals surface area contributed by atoms with Crippen LogP contribution < -0.4 is 5.32 Å². The van der Waals surface area contributed by atoms with E-state index < -0.39 is 0 Å². The van der Waals surface area contributed by atoms with Gasteiger partial charge in [-0.05, 0) is 37.1 Å². The number of amides is 1. The SMILES string of the molecule is O=C(NCCSCc1ccc(Cl)cc1)C1CCCN(Cc2nc(-c3ccccc3)no2)C1. The first-order valence-electron chi connectivity index (χ1n) is 10.9. The number of piperidine rings is 1. The number of halogens is 1. The van der Waals surface area contributed by atoms with Gasteiger partial charge in [-0.25, -0.2) is 0 Å². The summed E-state index contributed by atoms with van der Waals surface area (Å²) in [5, 5.41) is 7.94. The fourth-order valence-corrected chi connectivity index (χ4v) is 4.73. The van der Waals surface area contributed by atoms with Crippen LogP contribution in [0.1, 0.15) is 24.3 Å². The van der Waals surface area contributed by atoms with E-state index in [0.29, 0.717) is 31.3 Å². The Kier molecular flexibility index (Phi) is 8.20. The predicted molar refractivity (Wildman–Crippen MR) is 128 cm³/mol. The van der Waals surface area contributed by atoms with Crippen LogP contribution in [0.25, 0.3) is 11.4 Å². The monoisotopic (exact) mass is 470 g/mol. The third kappa shape index (κ3) is 6.58. The molecule has 1 aromatic heterocycles. The highest BCUT2D eigenvalue weighted by Gasteiger charge is 2.26. The van der Waals surface area contributed by atoms with Gasteiger partial charge in [0.1, 0.15) is 0 Å². The average molecular weight is 471 g/mol. The molecule has 0 bridgehead atoms. The van der Waals surface area contributed by atoms with Crippen LogP contribution in [-0.4, -0.2) is 46.3 Å². The van der Waals surface area contributed by atoms with E-state index in [2.05, 4.69) is 20.4 Å². The fraction of sp³-hybridized carbons (Fsp3) is 0.375. The summed E-state index contributed by atoms with van der Waals surface area (Å²) in [6.45, 7) is 2.90. The second-order valence-electron chi connectivity index (χ2n) is 7.92.